The number of hydrogen-bond donors (Lipinski definition) is 1. The van der Waals surface area contributed by atoms with E-state index >= 15 is 0 Å². The van der Waals surface area contributed by atoms with E-state index in [-0.39, 0.29) is 11.3 Å². The zero-order chi connectivity index (χ0) is 11.3. The largest absolute Gasteiger partial charge is 0.306 e. The van der Waals surface area contributed by atoms with Crippen molar-refractivity contribution in [3.05, 3.63) is 22.4 Å². The first kappa shape index (κ1) is 12.4. The molecule has 0 saturated carbocycles. The Balaban J connectivity index is 2.42. The molecule has 0 amide bonds. The van der Waals surface area contributed by atoms with E-state index in [2.05, 4.69) is 22.1 Å². The molecule has 0 aromatic carbocycles. The zero-order valence-electron chi connectivity index (χ0n) is 9.67. The van der Waals surface area contributed by atoms with E-state index in [1.54, 1.807) is 11.3 Å². The van der Waals surface area contributed by atoms with Gasteiger partial charge in [-0.25, -0.2) is 0 Å². The van der Waals surface area contributed by atoms with Gasteiger partial charge in [-0.05, 0) is 49.2 Å². The van der Waals surface area contributed by atoms with E-state index in [0.717, 1.165) is 13.0 Å². The molecule has 0 radical (unpaired) electrons. The summed E-state index contributed by atoms with van der Waals surface area (Å²) in [6, 6.07) is 2.08. The van der Waals surface area contributed by atoms with Crippen molar-refractivity contribution in [1.29, 1.82) is 0 Å². The van der Waals surface area contributed by atoms with Crippen LogP contribution in [-0.2, 0) is 11.2 Å². The Morgan fingerprint density at radius 3 is 2.80 bits per heavy atom. The molecule has 0 aliphatic rings. The molecule has 1 aromatic heterocycles. The van der Waals surface area contributed by atoms with Crippen LogP contribution in [0.1, 0.15) is 32.8 Å². The molecule has 15 heavy (non-hydrogen) atoms. The number of likely N-dealkylation sites (N-methyl/N-ethyl adjacent to an activating group) is 1. The topological polar surface area (TPSA) is 29.1 Å². The first-order valence-electron chi connectivity index (χ1n) is 5.35. The summed E-state index contributed by atoms with van der Waals surface area (Å²) in [5, 5.41) is 7.36. The summed E-state index contributed by atoms with van der Waals surface area (Å²) in [6.07, 6.45) is 1.48. The smallest absolute Gasteiger partial charge is 0.152 e. The monoisotopic (exact) mass is 225 g/mol. The van der Waals surface area contributed by atoms with Crippen LogP contribution < -0.4 is 5.32 Å². The fourth-order valence-electron chi connectivity index (χ4n) is 1.55. The first-order valence-corrected chi connectivity index (χ1v) is 6.30. The minimum absolute atomic E-state index is 0.288. The summed E-state index contributed by atoms with van der Waals surface area (Å²) < 4.78 is 0. The lowest BCUT2D eigenvalue weighted by Crippen LogP contribution is -2.46. The predicted octanol–water partition coefficient (Wildman–Crippen LogP) is 2.64. The second-order valence-electron chi connectivity index (χ2n) is 4.21. The van der Waals surface area contributed by atoms with Gasteiger partial charge in [-0.15, -0.1) is 0 Å². The molecule has 1 aromatic rings. The molecule has 0 atom stereocenters. The third-order valence-corrected chi connectivity index (χ3v) is 3.27. The van der Waals surface area contributed by atoms with Crippen LogP contribution in [-0.4, -0.2) is 17.9 Å². The first-order chi connectivity index (χ1) is 7.06. The maximum Gasteiger partial charge on any atom is 0.152 e. The molecule has 0 saturated heterocycles. The maximum absolute atomic E-state index is 11.9. The Morgan fingerprint density at radius 1 is 1.53 bits per heavy atom. The normalized spacial score (nSPS) is 11.7. The van der Waals surface area contributed by atoms with Gasteiger partial charge in [0.05, 0.1) is 5.54 Å². The standard InChI is InChI=1S/C12H19NOS/c1-4-13-12(2,3)11(14)6-5-10-7-8-15-9-10/h7-9,13H,4-6H2,1-3H3. The van der Waals surface area contributed by atoms with Gasteiger partial charge in [0.1, 0.15) is 0 Å². The molecule has 0 aliphatic heterocycles. The van der Waals surface area contributed by atoms with E-state index in [0.29, 0.717) is 6.42 Å². The molecule has 1 rings (SSSR count). The van der Waals surface area contributed by atoms with Gasteiger partial charge >= 0.3 is 0 Å². The van der Waals surface area contributed by atoms with Gasteiger partial charge in [0.15, 0.2) is 5.78 Å². The minimum atomic E-state index is -0.384. The summed E-state index contributed by atoms with van der Waals surface area (Å²) in [5.41, 5.74) is 0.880. The van der Waals surface area contributed by atoms with Crippen LogP contribution in [0.3, 0.4) is 0 Å². The molecule has 1 heterocycles. The third-order valence-electron chi connectivity index (χ3n) is 2.54. The van der Waals surface area contributed by atoms with Crippen molar-refractivity contribution in [3.8, 4) is 0 Å². The highest BCUT2D eigenvalue weighted by molar-refractivity contribution is 7.07. The van der Waals surface area contributed by atoms with Gasteiger partial charge in [-0.3, -0.25) is 4.79 Å². The van der Waals surface area contributed by atoms with Crippen molar-refractivity contribution >= 4 is 17.1 Å². The SMILES string of the molecule is CCNC(C)(C)C(=O)CCc1ccsc1. The molecule has 0 aliphatic carbocycles. The highest BCUT2D eigenvalue weighted by Gasteiger charge is 2.25. The van der Waals surface area contributed by atoms with Crippen LogP contribution in [0.15, 0.2) is 16.8 Å². The molecule has 84 valence electrons. The number of rotatable bonds is 6. The van der Waals surface area contributed by atoms with Gasteiger partial charge in [-0.2, -0.15) is 11.3 Å². The Morgan fingerprint density at radius 2 is 2.27 bits per heavy atom. The Hall–Kier alpha value is -0.670. The number of aryl methyl sites for hydroxylation is 1. The van der Waals surface area contributed by atoms with Gasteiger partial charge in [0, 0.05) is 6.42 Å². The zero-order valence-corrected chi connectivity index (χ0v) is 10.5. The lowest BCUT2D eigenvalue weighted by Gasteiger charge is -2.23. The van der Waals surface area contributed by atoms with Gasteiger partial charge in [-0.1, -0.05) is 6.92 Å². The quantitative estimate of drug-likeness (QED) is 0.806. The summed E-state index contributed by atoms with van der Waals surface area (Å²) >= 11 is 1.68. The van der Waals surface area contributed by atoms with E-state index in [4.69, 9.17) is 0 Å². The van der Waals surface area contributed by atoms with Crippen LogP contribution >= 0.6 is 11.3 Å². The van der Waals surface area contributed by atoms with Crippen LogP contribution in [0, 0.1) is 0 Å². The summed E-state index contributed by atoms with van der Waals surface area (Å²) in [6.45, 7) is 6.75. The molecule has 3 heteroatoms. The number of hydrogen-bond acceptors (Lipinski definition) is 3. The summed E-state index contributed by atoms with van der Waals surface area (Å²) in [4.78, 5) is 11.9. The minimum Gasteiger partial charge on any atom is -0.306 e. The Labute approximate surface area is 95.7 Å². The number of nitrogens with one attached hydrogen (secondary N) is 1. The number of thiophene rings is 1. The molecular formula is C12H19NOS. The highest BCUT2D eigenvalue weighted by Crippen LogP contribution is 2.12. The number of carbonyl (C=O) groups is 1. The van der Waals surface area contributed by atoms with Crippen molar-refractivity contribution in [2.24, 2.45) is 0 Å². The second-order valence-corrected chi connectivity index (χ2v) is 4.99. The number of carbonyl (C=O) groups excluding carboxylic acids is 1. The fourth-order valence-corrected chi connectivity index (χ4v) is 2.25. The summed E-state index contributed by atoms with van der Waals surface area (Å²) in [7, 11) is 0. The molecule has 0 unspecified atom stereocenters. The van der Waals surface area contributed by atoms with Crippen LogP contribution in [0.5, 0.6) is 0 Å². The van der Waals surface area contributed by atoms with Crippen molar-refractivity contribution in [2.45, 2.75) is 39.2 Å². The van der Waals surface area contributed by atoms with Crippen molar-refractivity contribution in [2.75, 3.05) is 6.54 Å². The molecule has 0 fully saturated rings. The summed E-state index contributed by atoms with van der Waals surface area (Å²) in [5.74, 6) is 0.288. The molecular weight excluding hydrogens is 206 g/mol. The van der Waals surface area contributed by atoms with Gasteiger partial charge in [0.25, 0.3) is 0 Å². The average molecular weight is 225 g/mol. The molecule has 0 bridgehead atoms. The molecule has 2 nitrogen and oxygen atoms in total. The van der Waals surface area contributed by atoms with E-state index in [1.165, 1.54) is 5.56 Å². The second kappa shape index (κ2) is 5.42. The predicted molar refractivity (Wildman–Crippen MR) is 65.4 cm³/mol. The van der Waals surface area contributed by atoms with Crippen LogP contribution in [0.25, 0.3) is 0 Å². The number of ketones is 1. The lowest BCUT2D eigenvalue weighted by molar-refractivity contribution is -0.124. The van der Waals surface area contributed by atoms with Crippen molar-refractivity contribution < 1.29 is 4.79 Å². The van der Waals surface area contributed by atoms with Crippen molar-refractivity contribution in [1.82, 2.24) is 5.32 Å². The van der Waals surface area contributed by atoms with Gasteiger partial charge < -0.3 is 5.32 Å². The van der Waals surface area contributed by atoms with Crippen LogP contribution in [0.2, 0.25) is 0 Å². The van der Waals surface area contributed by atoms with Crippen LogP contribution in [0.4, 0.5) is 0 Å². The molecule has 1 N–H and O–H groups in total. The lowest BCUT2D eigenvalue weighted by atomic mass is 9.94. The highest BCUT2D eigenvalue weighted by atomic mass is 32.1. The van der Waals surface area contributed by atoms with Gasteiger partial charge in [0.2, 0.25) is 0 Å². The van der Waals surface area contributed by atoms with Crippen molar-refractivity contribution in [3.63, 3.8) is 0 Å². The third kappa shape index (κ3) is 3.76. The maximum atomic E-state index is 11.9. The van der Waals surface area contributed by atoms with E-state index < -0.39 is 0 Å². The Bertz CT molecular complexity index is 303. The van der Waals surface area contributed by atoms with E-state index in [9.17, 15) is 4.79 Å². The van der Waals surface area contributed by atoms with E-state index in [1.807, 2.05) is 20.8 Å². The average Bonchev–Trinajstić information content (AvgIpc) is 2.66. The Kier molecular flexibility index (Phi) is 4.48. The fraction of sp³-hybridized carbons (Fsp3) is 0.583. The molecule has 0 spiro atoms. The number of Topliss-reactive ketones (excluding diaryl/α,β-unsaturated/α-hetero) is 1.